The number of hydrogen-bond acceptors (Lipinski definition) is 2. The molecule has 0 radical (unpaired) electrons. The summed E-state index contributed by atoms with van der Waals surface area (Å²) in [6, 6.07) is 0. The van der Waals surface area contributed by atoms with Crippen LogP contribution in [0.25, 0.3) is 0 Å². The highest BCUT2D eigenvalue weighted by atomic mass is 16.6. The number of carboxylic acids is 1. The highest BCUT2D eigenvalue weighted by Gasteiger charge is 2.36. The fourth-order valence-electron chi connectivity index (χ4n) is 3.67. The number of carboxylic acid groups (broad SMARTS) is 1. The molecule has 0 aromatic rings. The van der Waals surface area contributed by atoms with Crippen molar-refractivity contribution in [3.8, 4) is 0 Å². The Balaban J connectivity index is 1.72. The van der Waals surface area contributed by atoms with Gasteiger partial charge in [-0.1, -0.05) is 96.8 Å². The van der Waals surface area contributed by atoms with Gasteiger partial charge in [-0.3, -0.25) is 4.79 Å². The molecule has 0 aromatic carbocycles. The van der Waals surface area contributed by atoms with Gasteiger partial charge in [0.05, 0.1) is 12.2 Å². The fraction of sp³-hybridized carbons (Fsp3) is 0.955. The maximum atomic E-state index is 10.4. The van der Waals surface area contributed by atoms with Crippen molar-refractivity contribution in [1.82, 2.24) is 0 Å². The highest BCUT2D eigenvalue weighted by molar-refractivity contribution is 5.66. The predicted molar refractivity (Wildman–Crippen MR) is 105 cm³/mol. The number of ether oxygens (including phenoxy) is 1. The molecule has 25 heavy (non-hydrogen) atoms. The summed E-state index contributed by atoms with van der Waals surface area (Å²) < 4.78 is 5.80. The van der Waals surface area contributed by atoms with Gasteiger partial charge in [-0.05, 0) is 19.3 Å². The van der Waals surface area contributed by atoms with Gasteiger partial charge in [0.15, 0.2) is 0 Å². The van der Waals surface area contributed by atoms with E-state index < -0.39 is 5.97 Å². The number of epoxide rings is 1. The average molecular weight is 355 g/mol. The van der Waals surface area contributed by atoms with E-state index in [0.717, 1.165) is 12.8 Å². The van der Waals surface area contributed by atoms with E-state index in [0.29, 0.717) is 18.6 Å². The SMILES string of the molecule is CCCCCCCC[C@@H]1O[C@@H]1CCCCCCCCCCCC(=O)O. The maximum Gasteiger partial charge on any atom is 0.303 e. The molecule has 2 atom stereocenters. The maximum absolute atomic E-state index is 10.4. The van der Waals surface area contributed by atoms with Crippen LogP contribution in [0.3, 0.4) is 0 Å². The molecule has 0 saturated carbocycles. The third kappa shape index (κ3) is 14.3. The van der Waals surface area contributed by atoms with Crippen molar-refractivity contribution >= 4 is 5.97 Å². The Labute approximate surface area is 155 Å². The Morgan fingerprint density at radius 1 is 0.680 bits per heavy atom. The molecule has 0 aliphatic carbocycles. The van der Waals surface area contributed by atoms with Crippen molar-refractivity contribution in [3.63, 3.8) is 0 Å². The molecule has 1 N–H and O–H groups in total. The van der Waals surface area contributed by atoms with Crippen LogP contribution >= 0.6 is 0 Å². The van der Waals surface area contributed by atoms with E-state index in [1.807, 2.05) is 0 Å². The van der Waals surface area contributed by atoms with Gasteiger partial charge < -0.3 is 9.84 Å². The second kappa shape index (κ2) is 15.7. The van der Waals surface area contributed by atoms with E-state index in [4.69, 9.17) is 9.84 Å². The van der Waals surface area contributed by atoms with E-state index in [9.17, 15) is 4.79 Å². The lowest BCUT2D eigenvalue weighted by Crippen LogP contribution is -1.95. The molecule has 148 valence electrons. The summed E-state index contributed by atoms with van der Waals surface area (Å²) in [4.78, 5) is 10.4. The lowest BCUT2D eigenvalue weighted by Gasteiger charge is -2.02. The summed E-state index contributed by atoms with van der Waals surface area (Å²) in [5.74, 6) is -0.658. The van der Waals surface area contributed by atoms with Crippen LogP contribution in [0, 0.1) is 0 Å². The average Bonchev–Trinajstić information content (AvgIpc) is 3.34. The summed E-state index contributed by atoms with van der Waals surface area (Å²) in [7, 11) is 0. The molecule has 0 spiro atoms. The Kier molecular flexibility index (Phi) is 14.1. The lowest BCUT2D eigenvalue weighted by atomic mass is 10.0. The minimum absolute atomic E-state index is 0.336. The van der Waals surface area contributed by atoms with Crippen LogP contribution in [0.1, 0.15) is 122 Å². The fourth-order valence-corrected chi connectivity index (χ4v) is 3.67. The van der Waals surface area contributed by atoms with E-state index in [1.165, 1.54) is 96.3 Å². The van der Waals surface area contributed by atoms with Crippen LogP contribution < -0.4 is 0 Å². The Morgan fingerprint density at radius 2 is 1.08 bits per heavy atom. The first-order valence-corrected chi connectivity index (χ1v) is 11.1. The monoisotopic (exact) mass is 354 g/mol. The number of carbonyl (C=O) groups is 1. The molecule has 0 aromatic heterocycles. The molecule has 3 heteroatoms. The van der Waals surface area contributed by atoms with E-state index in [1.54, 1.807) is 0 Å². The minimum Gasteiger partial charge on any atom is -0.481 e. The van der Waals surface area contributed by atoms with Gasteiger partial charge in [0, 0.05) is 6.42 Å². The molecule has 3 nitrogen and oxygen atoms in total. The molecule has 1 saturated heterocycles. The summed E-state index contributed by atoms with van der Waals surface area (Å²) in [6.07, 6.45) is 23.4. The third-order valence-corrected chi connectivity index (χ3v) is 5.41. The Morgan fingerprint density at radius 3 is 1.52 bits per heavy atom. The number of aliphatic carboxylic acids is 1. The van der Waals surface area contributed by atoms with Gasteiger partial charge in [-0.25, -0.2) is 0 Å². The zero-order chi connectivity index (χ0) is 18.2. The normalized spacial score (nSPS) is 19.2. The molecule has 0 amide bonds. The summed E-state index contributed by atoms with van der Waals surface area (Å²) in [6.45, 7) is 2.27. The first-order chi connectivity index (χ1) is 12.2. The summed E-state index contributed by atoms with van der Waals surface area (Å²) in [5.41, 5.74) is 0. The van der Waals surface area contributed by atoms with Crippen LogP contribution in [-0.2, 0) is 9.53 Å². The van der Waals surface area contributed by atoms with Crippen molar-refractivity contribution in [2.24, 2.45) is 0 Å². The van der Waals surface area contributed by atoms with Gasteiger partial charge in [-0.2, -0.15) is 0 Å². The minimum atomic E-state index is -0.658. The van der Waals surface area contributed by atoms with Crippen molar-refractivity contribution in [2.45, 2.75) is 135 Å². The number of rotatable bonds is 19. The third-order valence-electron chi connectivity index (χ3n) is 5.41. The van der Waals surface area contributed by atoms with Gasteiger partial charge in [0.25, 0.3) is 0 Å². The first kappa shape index (κ1) is 22.5. The van der Waals surface area contributed by atoms with Crippen molar-refractivity contribution in [1.29, 1.82) is 0 Å². The van der Waals surface area contributed by atoms with Crippen molar-refractivity contribution in [2.75, 3.05) is 0 Å². The van der Waals surface area contributed by atoms with Crippen LogP contribution in [-0.4, -0.2) is 23.3 Å². The molecule has 1 fully saturated rings. The number of unbranched alkanes of at least 4 members (excludes halogenated alkanes) is 13. The van der Waals surface area contributed by atoms with Crippen LogP contribution in [0.5, 0.6) is 0 Å². The molecule has 0 unspecified atom stereocenters. The largest absolute Gasteiger partial charge is 0.481 e. The number of hydrogen-bond donors (Lipinski definition) is 1. The molecule has 0 bridgehead atoms. The molecule has 1 aliphatic rings. The van der Waals surface area contributed by atoms with Gasteiger partial charge in [0.1, 0.15) is 0 Å². The van der Waals surface area contributed by atoms with Crippen LogP contribution in [0.15, 0.2) is 0 Å². The Bertz CT molecular complexity index is 316. The Hall–Kier alpha value is -0.570. The summed E-state index contributed by atoms with van der Waals surface area (Å²) in [5, 5.41) is 8.57. The van der Waals surface area contributed by atoms with E-state index in [-0.39, 0.29) is 0 Å². The van der Waals surface area contributed by atoms with Gasteiger partial charge in [-0.15, -0.1) is 0 Å². The molecule has 1 heterocycles. The molecule has 1 rings (SSSR count). The van der Waals surface area contributed by atoms with E-state index in [2.05, 4.69) is 6.92 Å². The zero-order valence-electron chi connectivity index (χ0n) is 16.6. The quantitative estimate of drug-likeness (QED) is 0.203. The first-order valence-electron chi connectivity index (χ1n) is 11.1. The zero-order valence-corrected chi connectivity index (χ0v) is 16.6. The van der Waals surface area contributed by atoms with Crippen molar-refractivity contribution < 1.29 is 14.6 Å². The topological polar surface area (TPSA) is 49.8 Å². The molecular weight excluding hydrogens is 312 g/mol. The van der Waals surface area contributed by atoms with E-state index >= 15 is 0 Å². The predicted octanol–water partition coefficient (Wildman–Crippen LogP) is 6.88. The summed E-state index contributed by atoms with van der Waals surface area (Å²) >= 11 is 0. The van der Waals surface area contributed by atoms with Gasteiger partial charge >= 0.3 is 5.97 Å². The second-order valence-corrected chi connectivity index (χ2v) is 7.88. The molecule has 1 aliphatic heterocycles. The second-order valence-electron chi connectivity index (χ2n) is 7.88. The lowest BCUT2D eigenvalue weighted by molar-refractivity contribution is -0.137. The van der Waals surface area contributed by atoms with Crippen molar-refractivity contribution in [3.05, 3.63) is 0 Å². The van der Waals surface area contributed by atoms with Crippen LogP contribution in [0.2, 0.25) is 0 Å². The highest BCUT2D eigenvalue weighted by Crippen LogP contribution is 2.31. The smallest absolute Gasteiger partial charge is 0.303 e. The van der Waals surface area contributed by atoms with Crippen LogP contribution in [0.4, 0.5) is 0 Å². The van der Waals surface area contributed by atoms with Gasteiger partial charge in [0.2, 0.25) is 0 Å². The molecular formula is C22H42O3. The standard InChI is InChI=1S/C22H42O3/c1-2-3-4-5-11-14-17-20-21(25-20)18-15-12-9-7-6-8-10-13-16-19-22(23)24/h20-21H,2-19H2,1H3,(H,23,24)/t20-,21+/m0/s1.